The predicted molar refractivity (Wildman–Crippen MR) is 69.2 cm³/mol. The van der Waals surface area contributed by atoms with Crippen LogP contribution in [0.15, 0.2) is 12.4 Å². The van der Waals surface area contributed by atoms with Gasteiger partial charge < -0.3 is 14.0 Å². The Bertz CT molecular complexity index is 530. The summed E-state index contributed by atoms with van der Waals surface area (Å²) in [7, 11) is 1.97. The van der Waals surface area contributed by atoms with Crippen molar-refractivity contribution in [3.05, 3.63) is 23.8 Å². The minimum atomic E-state index is -0.349. The SMILES string of the molecule is CCOC(OCC)c1cc2c(C)ncnc2n1C. The summed E-state index contributed by atoms with van der Waals surface area (Å²) in [5.41, 5.74) is 2.84. The third-order valence-electron chi connectivity index (χ3n) is 2.94. The molecule has 0 aromatic carbocycles. The van der Waals surface area contributed by atoms with Crippen molar-refractivity contribution in [3.63, 3.8) is 0 Å². The molecule has 0 saturated heterocycles. The molecule has 0 bridgehead atoms. The van der Waals surface area contributed by atoms with E-state index >= 15 is 0 Å². The number of aryl methyl sites for hydroxylation is 2. The van der Waals surface area contributed by atoms with Crippen LogP contribution in [0.4, 0.5) is 0 Å². The minimum Gasteiger partial charge on any atom is -0.347 e. The summed E-state index contributed by atoms with van der Waals surface area (Å²) in [5, 5.41) is 1.04. The van der Waals surface area contributed by atoms with Crippen molar-refractivity contribution in [2.75, 3.05) is 13.2 Å². The second kappa shape index (κ2) is 5.46. The summed E-state index contributed by atoms with van der Waals surface area (Å²) >= 11 is 0. The molecule has 0 amide bonds. The third kappa shape index (κ3) is 2.23. The summed E-state index contributed by atoms with van der Waals surface area (Å²) < 4.78 is 13.3. The molecule has 0 atom stereocenters. The van der Waals surface area contributed by atoms with E-state index in [2.05, 4.69) is 9.97 Å². The average molecular weight is 249 g/mol. The lowest BCUT2D eigenvalue weighted by atomic mass is 10.3. The normalized spacial score (nSPS) is 11.6. The van der Waals surface area contributed by atoms with Crippen LogP contribution in [-0.2, 0) is 16.5 Å². The standard InChI is InChI=1S/C13H19N3O2/c1-5-17-13(18-6-2)11-7-10-9(3)14-8-15-12(10)16(11)4/h7-8,13H,5-6H2,1-4H3. The molecule has 0 spiro atoms. The molecule has 2 aromatic heterocycles. The van der Waals surface area contributed by atoms with Crippen LogP contribution in [0.3, 0.4) is 0 Å². The van der Waals surface area contributed by atoms with Crippen molar-refractivity contribution in [1.29, 1.82) is 0 Å². The lowest BCUT2D eigenvalue weighted by molar-refractivity contribution is -0.143. The van der Waals surface area contributed by atoms with E-state index in [1.165, 1.54) is 0 Å². The summed E-state index contributed by atoms with van der Waals surface area (Å²) in [6.45, 7) is 7.11. The van der Waals surface area contributed by atoms with E-state index in [0.29, 0.717) is 13.2 Å². The zero-order valence-corrected chi connectivity index (χ0v) is 11.3. The van der Waals surface area contributed by atoms with Gasteiger partial charge in [0.15, 0.2) is 6.29 Å². The smallest absolute Gasteiger partial charge is 0.199 e. The summed E-state index contributed by atoms with van der Waals surface area (Å²) in [4.78, 5) is 8.51. The molecule has 2 rings (SSSR count). The maximum Gasteiger partial charge on any atom is 0.199 e. The Hall–Kier alpha value is -1.46. The topological polar surface area (TPSA) is 49.2 Å². The van der Waals surface area contributed by atoms with Gasteiger partial charge in [-0.05, 0) is 26.8 Å². The van der Waals surface area contributed by atoms with E-state index in [0.717, 1.165) is 22.4 Å². The molecular formula is C13H19N3O2. The maximum atomic E-state index is 5.63. The molecule has 0 N–H and O–H groups in total. The summed E-state index contributed by atoms with van der Waals surface area (Å²) in [6.07, 6.45) is 1.23. The fourth-order valence-corrected chi connectivity index (χ4v) is 2.02. The van der Waals surface area contributed by atoms with E-state index in [9.17, 15) is 0 Å². The molecular weight excluding hydrogens is 230 g/mol. The molecule has 0 aliphatic rings. The predicted octanol–water partition coefficient (Wildman–Crippen LogP) is 2.35. The van der Waals surface area contributed by atoms with Crippen molar-refractivity contribution >= 4 is 11.0 Å². The lowest BCUT2D eigenvalue weighted by Crippen LogP contribution is -2.12. The quantitative estimate of drug-likeness (QED) is 0.763. The van der Waals surface area contributed by atoms with E-state index in [-0.39, 0.29) is 6.29 Å². The number of aromatic nitrogens is 3. The third-order valence-corrected chi connectivity index (χ3v) is 2.94. The van der Waals surface area contributed by atoms with E-state index < -0.39 is 0 Å². The van der Waals surface area contributed by atoms with Crippen molar-refractivity contribution < 1.29 is 9.47 Å². The number of fused-ring (bicyclic) bond motifs is 1. The largest absolute Gasteiger partial charge is 0.347 e. The molecule has 0 saturated carbocycles. The Morgan fingerprint density at radius 3 is 2.44 bits per heavy atom. The Kier molecular flexibility index (Phi) is 3.93. The maximum absolute atomic E-state index is 5.63. The van der Waals surface area contributed by atoms with Gasteiger partial charge in [0.1, 0.15) is 12.0 Å². The van der Waals surface area contributed by atoms with Gasteiger partial charge in [-0.3, -0.25) is 0 Å². The Balaban J connectivity index is 2.49. The highest BCUT2D eigenvalue weighted by molar-refractivity contribution is 5.79. The van der Waals surface area contributed by atoms with Crippen LogP contribution in [0.1, 0.15) is 31.5 Å². The van der Waals surface area contributed by atoms with E-state index in [4.69, 9.17) is 9.47 Å². The first-order valence-electron chi connectivity index (χ1n) is 6.19. The number of hydrogen-bond acceptors (Lipinski definition) is 4. The molecule has 2 heterocycles. The molecule has 0 aliphatic heterocycles. The first kappa shape index (κ1) is 13.0. The highest BCUT2D eigenvalue weighted by Gasteiger charge is 2.18. The van der Waals surface area contributed by atoms with Crippen LogP contribution in [0.5, 0.6) is 0 Å². The Morgan fingerprint density at radius 2 is 1.89 bits per heavy atom. The number of rotatable bonds is 5. The van der Waals surface area contributed by atoms with Crippen molar-refractivity contribution in [2.45, 2.75) is 27.1 Å². The molecule has 0 unspecified atom stereocenters. The Morgan fingerprint density at radius 1 is 1.22 bits per heavy atom. The second-order valence-corrected chi connectivity index (χ2v) is 4.07. The van der Waals surface area contributed by atoms with Crippen LogP contribution in [0.25, 0.3) is 11.0 Å². The monoisotopic (exact) mass is 249 g/mol. The molecule has 18 heavy (non-hydrogen) atoms. The van der Waals surface area contributed by atoms with Crippen LogP contribution < -0.4 is 0 Å². The minimum absolute atomic E-state index is 0.349. The molecule has 5 nitrogen and oxygen atoms in total. The average Bonchev–Trinajstić information content (AvgIpc) is 2.69. The van der Waals surface area contributed by atoms with Gasteiger partial charge >= 0.3 is 0 Å². The molecule has 0 radical (unpaired) electrons. The first-order valence-corrected chi connectivity index (χ1v) is 6.19. The molecule has 98 valence electrons. The molecule has 5 heteroatoms. The zero-order chi connectivity index (χ0) is 13.1. The lowest BCUT2D eigenvalue weighted by Gasteiger charge is -2.17. The van der Waals surface area contributed by atoms with E-state index in [1.807, 2.05) is 38.5 Å². The highest BCUT2D eigenvalue weighted by atomic mass is 16.7. The number of nitrogens with zero attached hydrogens (tertiary/aromatic N) is 3. The van der Waals surface area contributed by atoms with Crippen molar-refractivity contribution in [3.8, 4) is 0 Å². The van der Waals surface area contributed by atoms with Gasteiger partial charge in [0.25, 0.3) is 0 Å². The van der Waals surface area contributed by atoms with Crippen molar-refractivity contribution in [2.24, 2.45) is 7.05 Å². The van der Waals surface area contributed by atoms with Crippen LogP contribution in [0.2, 0.25) is 0 Å². The summed E-state index contributed by atoms with van der Waals surface area (Å²) in [5.74, 6) is 0. The highest BCUT2D eigenvalue weighted by Crippen LogP contribution is 2.26. The number of hydrogen-bond donors (Lipinski definition) is 0. The van der Waals surface area contributed by atoms with Crippen LogP contribution >= 0.6 is 0 Å². The van der Waals surface area contributed by atoms with Crippen LogP contribution in [-0.4, -0.2) is 27.7 Å². The molecule has 2 aromatic rings. The van der Waals surface area contributed by atoms with Gasteiger partial charge in [0.05, 0.1) is 11.4 Å². The van der Waals surface area contributed by atoms with Gasteiger partial charge in [-0.25, -0.2) is 9.97 Å². The van der Waals surface area contributed by atoms with Crippen LogP contribution in [0, 0.1) is 6.92 Å². The Labute approximate surface area is 107 Å². The zero-order valence-electron chi connectivity index (χ0n) is 11.3. The summed E-state index contributed by atoms with van der Waals surface area (Å²) in [6, 6.07) is 2.04. The van der Waals surface area contributed by atoms with Gasteiger partial charge in [-0.1, -0.05) is 0 Å². The fraction of sp³-hybridized carbons (Fsp3) is 0.538. The fourth-order valence-electron chi connectivity index (χ4n) is 2.02. The second-order valence-electron chi connectivity index (χ2n) is 4.07. The van der Waals surface area contributed by atoms with Crippen molar-refractivity contribution in [1.82, 2.24) is 14.5 Å². The molecule has 0 aliphatic carbocycles. The molecule has 0 fully saturated rings. The van der Waals surface area contributed by atoms with Gasteiger partial charge in [0, 0.05) is 25.6 Å². The van der Waals surface area contributed by atoms with Gasteiger partial charge in [0.2, 0.25) is 0 Å². The van der Waals surface area contributed by atoms with E-state index in [1.54, 1.807) is 6.33 Å². The number of ether oxygens (including phenoxy) is 2. The van der Waals surface area contributed by atoms with Gasteiger partial charge in [-0.2, -0.15) is 0 Å². The first-order chi connectivity index (χ1) is 8.69. The van der Waals surface area contributed by atoms with Gasteiger partial charge in [-0.15, -0.1) is 0 Å².